The molecule has 0 spiro atoms. The maximum atomic E-state index is 11.4. The van der Waals surface area contributed by atoms with Crippen molar-refractivity contribution in [2.75, 3.05) is 13.1 Å². The van der Waals surface area contributed by atoms with E-state index >= 15 is 0 Å². The minimum atomic E-state index is 0.0650. The van der Waals surface area contributed by atoms with Crippen LogP contribution in [0.15, 0.2) is 24.3 Å². The molecule has 0 bridgehead atoms. The second-order valence-corrected chi connectivity index (χ2v) is 5.64. The van der Waals surface area contributed by atoms with Crippen LogP contribution in [0.25, 0.3) is 0 Å². The third kappa shape index (κ3) is 4.67. The van der Waals surface area contributed by atoms with Crippen molar-refractivity contribution in [2.45, 2.75) is 39.2 Å². The van der Waals surface area contributed by atoms with Gasteiger partial charge in [-0.15, -0.1) is 0 Å². The molecule has 19 heavy (non-hydrogen) atoms. The average molecular weight is 260 g/mol. The maximum absolute atomic E-state index is 11.4. The molecule has 0 aliphatic heterocycles. The lowest BCUT2D eigenvalue weighted by atomic mass is 10.1. The SMILES string of the molecule is CC(C)C(=O)NCCNCc1cccc(C2CC2)c1. The Kier molecular flexibility index (Phi) is 4.97. The van der Waals surface area contributed by atoms with Gasteiger partial charge in [0.1, 0.15) is 0 Å². The maximum Gasteiger partial charge on any atom is 0.222 e. The zero-order valence-electron chi connectivity index (χ0n) is 11.9. The number of rotatable bonds is 7. The van der Waals surface area contributed by atoms with Gasteiger partial charge >= 0.3 is 0 Å². The summed E-state index contributed by atoms with van der Waals surface area (Å²) in [5.74, 6) is 0.998. The first kappa shape index (κ1) is 14.1. The lowest BCUT2D eigenvalue weighted by Gasteiger charge is -2.09. The molecule has 2 rings (SSSR count). The van der Waals surface area contributed by atoms with Crippen LogP contribution in [0, 0.1) is 5.92 Å². The number of benzene rings is 1. The predicted octanol–water partition coefficient (Wildman–Crippen LogP) is 2.43. The van der Waals surface area contributed by atoms with Crippen molar-refractivity contribution in [3.8, 4) is 0 Å². The first-order valence-electron chi connectivity index (χ1n) is 7.24. The van der Waals surface area contributed by atoms with Crippen LogP contribution in [0.3, 0.4) is 0 Å². The molecule has 0 aromatic heterocycles. The molecule has 3 heteroatoms. The summed E-state index contributed by atoms with van der Waals surface area (Å²) >= 11 is 0. The largest absolute Gasteiger partial charge is 0.355 e. The summed E-state index contributed by atoms with van der Waals surface area (Å²) in [6.45, 7) is 6.20. The first-order chi connectivity index (χ1) is 9.16. The zero-order chi connectivity index (χ0) is 13.7. The van der Waals surface area contributed by atoms with E-state index in [-0.39, 0.29) is 11.8 Å². The molecule has 0 saturated heterocycles. The van der Waals surface area contributed by atoms with Crippen LogP contribution in [0.4, 0.5) is 0 Å². The molecule has 1 amide bonds. The third-order valence-electron chi connectivity index (χ3n) is 3.45. The van der Waals surface area contributed by atoms with Crippen molar-refractivity contribution in [2.24, 2.45) is 5.92 Å². The van der Waals surface area contributed by atoms with Crippen molar-refractivity contribution >= 4 is 5.91 Å². The van der Waals surface area contributed by atoms with E-state index in [4.69, 9.17) is 0 Å². The van der Waals surface area contributed by atoms with Crippen molar-refractivity contribution in [3.63, 3.8) is 0 Å². The van der Waals surface area contributed by atoms with Crippen LogP contribution in [0.5, 0.6) is 0 Å². The fourth-order valence-electron chi connectivity index (χ4n) is 2.08. The molecular weight excluding hydrogens is 236 g/mol. The van der Waals surface area contributed by atoms with Gasteiger partial charge in [0.15, 0.2) is 0 Å². The van der Waals surface area contributed by atoms with E-state index < -0.39 is 0 Å². The minimum absolute atomic E-state index is 0.0650. The van der Waals surface area contributed by atoms with Gasteiger partial charge in [-0.1, -0.05) is 38.1 Å². The molecule has 0 atom stereocenters. The Morgan fingerprint density at radius 1 is 1.32 bits per heavy atom. The Morgan fingerprint density at radius 3 is 2.79 bits per heavy atom. The lowest BCUT2D eigenvalue weighted by molar-refractivity contribution is -0.123. The van der Waals surface area contributed by atoms with E-state index in [1.807, 2.05) is 13.8 Å². The van der Waals surface area contributed by atoms with E-state index in [0.29, 0.717) is 6.54 Å². The highest BCUT2D eigenvalue weighted by molar-refractivity contribution is 5.77. The molecule has 1 saturated carbocycles. The fourth-order valence-corrected chi connectivity index (χ4v) is 2.08. The number of amides is 1. The summed E-state index contributed by atoms with van der Waals surface area (Å²) in [4.78, 5) is 11.4. The van der Waals surface area contributed by atoms with Gasteiger partial charge in [-0.25, -0.2) is 0 Å². The first-order valence-corrected chi connectivity index (χ1v) is 7.24. The molecular formula is C16H24N2O. The Balaban J connectivity index is 1.65. The van der Waals surface area contributed by atoms with Crippen LogP contribution in [0.2, 0.25) is 0 Å². The summed E-state index contributed by atoms with van der Waals surface area (Å²) < 4.78 is 0. The van der Waals surface area contributed by atoms with Gasteiger partial charge in [-0.05, 0) is 29.9 Å². The highest BCUT2D eigenvalue weighted by Crippen LogP contribution is 2.40. The van der Waals surface area contributed by atoms with Gasteiger partial charge in [0.2, 0.25) is 5.91 Å². The van der Waals surface area contributed by atoms with E-state index in [0.717, 1.165) is 19.0 Å². The summed E-state index contributed by atoms with van der Waals surface area (Å²) in [5.41, 5.74) is 2.81. The summed E-state index contributed by atoms with van der Waals surface area (Å²) in [7, 11) is 0. The number of carbonyl (C=O) groups excluding carboxylic acids is 1. The van der Waals surface area contributed by atoms with Crippen molar-refractivity contribution < 1.29 is 4.79 Å². The third-order valence-corrected chi connectivity index (χ3v) is 3.45. The minimum Gasteiger partial charge on any atom is -0.355 e. The van der Waals surface area contributed by atoms with Gasteiger partial charge in [0.25, 0.3) is 0 Å². The number of carbonyl (C=O) groups is 1. The van der Waals surface area contributed by atoms with Crippen molar-refractivity contribution in [1.82, 2.24) is 10.6 Å². The van der Waals surface area contributed by atoms with E-state index in [2.05, 4.69) is 34.9 Å². The zero-order valence-corrected chi connectivity index (χ0v) is 11.9. The molecule has 0 radical (unpaired) electrons. The number of nitrogens with one attached hydrogen (secondary N) is 2. The molecule has 1 fully saturated rings. The van der Waals surface area contributed by atoms with E-state index in [1.54, 1.807) is 0 Å². The molecule has 1 aromatic rings. The molecule has 1 aliphatic rings. The number of hydrogen-bond donors (Lipinski definition) is 2. The van der Waals surface area contributed by atoms with Crippen LogP contribution < -0.4 is 10.6 Å². The molecule has 0 unspecified atom stereocenters. The van der Waals surface area contributed by atoms with E-state index in [1.165, 1.54) is 24.0 Å². The van der Waals surface area contributed by atoms with Gasteiger partial charge in [0.05, 0.1) is 0 Å². The van der Waals surface area contributed by atoms with Crippen LogP contribution >= 0.6 is 0 Å². The second-order valence-electron chi connectivity index (χ2n) is 5.64. The normalized spacial score (nSPS) is 14.7. The Labute approximate surface area is 115 Å². The van der Waals surface area contributed by atoms with Gasteiger partial charge < -0.3 is 10.6 Å². The summed E-state index contributed by atoms with van der Waals surface area (Å²) in [6.07, 6.45) is 2.69. The standard InChI is InChI=1S/C16H24N2O/c1-12(2)16(19)18-9-8-17-11-13-4-3-5-15(10-13)14-6-7-14/h3-5,10,12,14,17H,6-9,11H2,1-2H3,(H,18,19). The van der Waals surface area contributed by atoms with Crippen LogP contribution in [0.1, 0.15) is 43.7 Å². The molecule has 1 aromatic carbocycles. The molecule has 104 valence electrons. The summed E-state index contributed by atoms with van der Waals surface area (Å²) in [5, 5.41) is 6.27. The molecule has 0 heterocycles. The average Bonchev–Trinajstić information content (AvgIpc) is 3.22. The van der Waals surface area contributed by atoms with Crippen molar-refractivity contribution in [3.05, 3.63) is 35.4 Å². The Morgan fingerprint density at radius 2 is 2.11 bits per heavy atom. The van der Waals surface area contributed by atoms with Gasteiger partial charge in [-0.3, -0.25) is 4.79 Å². The smallest absolute Gasteiger partial charge is 0.222 e. The lowest BCUT2D eigenvalue weighted by Crippen LogP contribution is -2.34. The highest BCUT2D eigenvalue weighted by atomic mass is 16.1. The van der Waals surface area contributed by atoms with Crippen LogP contribution in [-0.4, -0.2) is 19.0 Å². The molecule has 3 nitrogen and oxygen atoms in total. The number of hydrogen-bond acceptors (Lipinski definition) is 2. The van der Waals surface area contributed by atoms with Gasteiger partial charge in [-0.2, -0.15) is 0 Å². The molecule has 2 N–H and O–H groups in total. The van der Waals surface area contributed by atoms with Crippen molar-refractivity contribution in [1.29, 1.82) is 0 Å². The quantitative estimate of drug-likeness (QED) is 0.739. The summed E-state index contributed by atoms with van der Waals surface area (Å²) in [6, 6.07) is 8.83. The topological polar surface area (TPSA) is 41.1 Å². The highest BCUT2D eigenvalue weighted by Gasteiger charge is 2.23. The predicted molar refractivity (Wildman–Crippen MR) is 78.0 cm³/mol. The molecule has 1 aliphatic carbocycles. The second kappa shape index (κ2) is 6.71. The van der Waals surface area contributed by atoms with E-state index in [9.17, 15) is 4.79 Å². The van der Waals surface area contributed by atoms with Gasteiger partial charge in [0, 0.05) is 25.6 Å². The van der Waals surface area contributed by atoms with Crippen LogP contribution in [-0.2, 0) is 11.3 Å². The Bertz CT molecular complexity index is 425. The monoisotopic (exact) mass is 260 g/mol. The Hall–Kier alpha value is -1.35. The fraction of sp³-hybridized carbons (Fsp3) is 0.562.